The van der Waals surface area contributed by atoms with E-state index in [0.29, 0.717) is 25.1 Å². The highest BCUT2D eigenvalue weighted by atomic mass is 16.3. The van der Waals surface area contributed by atoms with Crippen LogP contribution in [-0.2, 0) is 22.7 Å². The molecule has 1 aromatic heterocycles. The number of carbonyl (C=O) groups excluding carboxylic acids is 3. The Morgan fingerprint density at radius 3 is 2.81 bits per heavy atom. The average Bonchev–Trinajstić information content (AvgIpc) is 3.18. The minimum Gasteiger partial charge on any atom is -0.465 e. The van der Waals surface area contributed by atoms with Gasteiger partial charge >= 0.3 is 0 Å². The van der Waals surface area contributed by atoms with Crippen molar-refractivity contribution >= 4 is 23.7 Å². The molecule has 0 fully saturated rings. The molecule has 0 spiro atoms. The van der Waals surface area contributed by atoms with E-state index in [9.17, 15) is 14.4 Å². The predicted octanol–water partition coefficient (Wildman–Crippen LogP) is 3.09. The molecule has 6 heteroatoms. The Morgan fingerprint density at radius 2 is 2.15 bits per heavy atom. The Kier molecular flexibility index (Phi) is 5.21. The van der Waals surface area contributed by atoms with E-state index in [1.807, 2.05) is 31.2 Å². The summed E-state index contributed by atoms with van der Waals surface area (Å²) in [5.74, 6) is 1.40. The summed E-state index contributed by atoms with van der Waals surface area (Å²) in [5.41, 5.74) is 2.33. The molecular weight excluding hydrogens is 332 g/mol. The summed E-state index contributed by atoms with van der Waals surface area (Å²) in [6, 6.07) is 8.76. The molecule has 2 heterocycles. The first-order valence-corrected chi connectivity index (χ1v) is 8.67. The Morgan fingerprint density at radius 1 is 1.35 bits per heavy atom. The minimum absolute atomic E-state index is 0.103. The zero-order valence-electron chi connectivity index (χ0n) is 15.0. The normalized spacial score (nSPS) is 14.2. The van der Waals surface area contributed by atoms with Crippen LogP contribution in [0.4, 0.5) is 5.69 Å². The smallest absolute Gasteiger partial charge is 0.255 e. The van der Waals surface area contributed by atoms with E-state index in [4.69, 9.17) is 4.42 Å². The number of aryl methyl sites for hydroxylation is 1. The number of furan rings is 1. The van der Waals surface area contributed by atoms with Crippen molar-refractivity contribution in [1.82, 2.24) is 4.90 Å². The number of Topliss-reactive ketones (excluding diaryl/α,β-unsaturated/α-hetero) is 1. The second kappa shape index (κ2) is 7.56. The highest BCUT2D eigenvalue weighted by Crippen LogP contribution is 2.32. The third-order valence-electron chi connectivity index (χ3n) is 4.65. The summed E-state index contributed by atoms with van der Waals surface area (Å²) >= 11 is 0. The maximum Gasteiger partial charge on any atom is 0.255 e. The van der Waals surface area contributed by atoms with Crippen LogP contribution in [0, 0.1) is 6.92 Å². The van der Waals surface area contributed by atoms with E-state index in [1.165, 1.54) is 6.92 Å². The first-order valence-electron chi connectivity index (χ1n) is 8.67. The summed E-state index contributed by atoms with van der Waals surface area (Å²) in [6.45, 7) is 4.23. The standard InChI is InChI=1S/C20H22N2O4/c1-13-8-9-15(26-13)11-21-18-6-3-5-16-17(18)12-22(20(16)25)19(14(2)24)7-4-10-23/h3,5-6,8-10,19,21H,4,7,11-12H2,1-2H3. The Bertz CT molecular complexity index is 840. The number of aldehydes is 1. The number of amides is 1. The van der Waals surface area contributed by atoms with Crippen LogP contribution in [0.5, 0.6) is 0 Å². The van der Waals surface area contributed by atoms with Gasteiger partial charge in [-0.3, -0.25) is 9.59 Å². The second-order valence-corrected chi connectivity index (χ2v) is 6.50. The van der Waals surface area contributed by atoms with E-state index in [0.717, 1.165) is 29.1 Å². The number of carbonyl (C=O) groups is 3. The quantitative estimate of drug-likeness (QED) is 0.737. The molecule has 26 heavy (non-hydrogen) atoms. The lowest BCUT2D eigenvalue weighted by Gasteiger charge is -2.25. The van der Waals surface area contributed by atoms with Gasteiger partial charge in [-0.15, -0.1) is 0 Å². The molecule has 3 rings (SSSR count). The fourth-order valence-corrected chi connectivity index (χ4v) is 3.34. The van der Waals surface area contributed by atoms with Gasteiger partial charge in [-0.1, -0.05) is 6.07 Å². The number of nitrogens with one attached hydrogen (secondary N) is 1. The van der Waals surface area contributed by atoms with E-state index in [1.54, 1.807) is 11.0 Å². The van der Waals surface area contributed by atoms with Gasteiger partial charge in [-0.2, -0.15) is 0 Å². The van der Waals surface area contributed by atoms with Crippen LogP contribution in [0.25, 0.3) is 0 Å². The average molecular weight is 354 g/mol. The van der Waals surface area contributed by atoms with Gasteiger partial charge in [0.2, 0.25) is 0 Å². The molecule has 0 saturated carbocycles. The molecule has 6 nitrogen and oxygen atoms in total. The van der Waals surface area contributed by atoms with Crippen molar-refractivity contribution in [3.8, 4) is 0 Å². The van der Waals surface area contributed by atoms with Crippen LogP contribution in [0.15, 0.2) is 34.7 Å². The van der Waals surface area contributed by atoms with Gasteiger partial charge in [0.1, 0.15) is 17.8 Å². The predicted molar refractivity (Wildman–Crippen MR) is 96.9 cm³/mol. The van der Waals surface area contributed by atoms with Gasteiger partial charge in [-0.25, -0.2) is 0 Å². The van der Waals surface area contributed by atoms with Crippen molar-refractivity contribution < 1.29 is 18.8 Å². The molecule has 1 aliphatic heterocycles. The number of anilines is 1. The molecule has 1 aromatic carbocycles. The molecule has 1 aliphatic rings. The number of fused-ring (bicyclic) bond motifs is 1. The number of ketones is 1. The highest BCUT2D eigenvalue weighted by Gasteiger charge is 2.35. The van der Waals surface area contributed by atoms with Gasteiger partial charge in [0.15, 0.2) is 5.78 Å². The molecule has 136 valence electrons. The minimum atomic E-state index is -0.569. The van der Waals surface area contributed by atoms with E-state index in [2.05, 4.69) is 5.32 Å². The summed E-state index contributed by atoms with van der Waals surface area (Å²) in [4.78, 5) is 37.0. The van der Waals surface area contributed by atoms with Crippen LogP contribution >= 0.6 is 0 Å². The maximum absolute atomic E-state index is 12.8. The molecule has 0 aliphatic carbocycles. The summed E-state index contributed by atoms with van der Waals surface area (Å²) in [5, 5.41) is 3.31. The molecule has 1 N–H and O–H groups in total. The van der Waals surface area contributed by atoms with Crippen LogP contribution in [0.1, 0.15) is 47.2 Å². The summed E-state index contributed by atoms with van der Waals surface area (Å²) in [6.07, 6.45) is 1.39. The molecule has 2 aromatic rings. The Labute approximate surface area is 152 Å². The monoisotopic (exact) mass is 354 g/mol. The number of rotatable bonds is 8. The molecular formula is C20H22N2O4. The SMILES string of the molecule is CC(=O)C(CCC=O)N1Cc2c(NCc3ccc(C)o3)cccc2C1=O. The van der Waals surface area contributed by atoms with Crippen LogP contribution in [-0.4, -0.2) is 28.9 Å². The van der Waals surface area contributed by atoms with Gasteiger partial charge in [0.05, 0.1) is 12.6 Å². The lowest BCUT2D eigenvalue weighted by Crippen LogP contribution is -2.40. The zero-order chi connectivity index (χ0) is 18.7. The van der Waals surface area contributed by atoms with Crippen molar-refractivity contribution in [3.05, 3.63) is 53.0 Å². The summed E-state index contributed by atoms with van der Waals surface area (Å²) in [7, 11) is 0. The van der Waals surface area contributed by atoms with Crippen LogP contribution in [0.2, 0.25) is 0 Å². The number of benzene rings is 1. The van der Waals surface area contributed by atoms with Gasteiger partial charge in [0.25, 0.3) is 5.91 Å². The fraction of sp³-hybridized carbons (Fsp3) is 0.350. The van der Waals surface area contributed by atoms with Crippen LogP contribution in [0.3, 0.4) is 0 Å². The van der Waals surface area contributed by atoms with E-state index >= 15 is 0 Å². The third kappa shape index (κ3) is 3.54. The van der Waals surface area contributed by atoms with Gasteiger partial charge < -0.3 is 19.4 Å². The van der Waals surface area contributed by atoms with Crippen molar-refractivity contribution in [2.24, 2.45) is 0 Å². The number of hydrogen-bond donors (Lipinski definition) is 1. The lowest BCUT2D eigenvalue weighted by molar-refractivity contribution is -0.121. The first kappa shape index (κ1) is 17.9. The molecule has 1 atom stereocenters. The summed E-state index contributed by atoms with van der Waals surface area (Å²) < 4.78 is 5.56. The Hall–Kier alpha value is -2.89. The molecule has 0 bridgehead atoms. The van der Waals surface area contributed by atoms with Crippen LogP contribution < -0.4 is 5.32 Å². The maximum atomic E-state index is 12.8. The van der Waals surface area contributed by atoms with Gasteiger partial charge in [-0.05, 0) is 44.5 Å². The highest BCUT2D eigenvalue weighted by molar-refractivity contribution is 6.02. The van der Waals surface area contributed by atoms with Crippen molar-refractivity contribution in [2.45, 2.75) is 45.8 Å². The van der Waals surface area contributed by atoms with Crippen molar-refractivity contribution in [2.75, 3.05) is 5.32 Å². The number of nitrogens with zero attached hydrogens (tertiary/aromatic N) is 1. The molecule has 1 amide bonds. The first-order chi connectivity index (χ1) is 12.5. The van der Waals surface area contributed by atoms with E-state index < -0.39 is 6.04 Å². The van der Waals surface area contributed by atoms with Gasteiger partial charge in [0, 0.05) is 29.8 Å². The van der Waals surface area contributed by atoms with Crippen molar-refractivity contribution in [1.29, 1.82) is 0 Å². The van der Waals surface area contributed by atoms with E-state index in [-0.39, 0.29) is 18.1 Å². The number of hydrogen-bond acceptors (Lipinski definition) is 5. The molecule has 1 unspecified atom stereocenters. The fourth-order valence-electron chi connectivity index (χ4n) is 3.34. The zero-order valence-corrected chi connectivity index (χ0v) is 15.0. The Balaban J connectivity index is 1.80. The third-order valence-corrected chi connectivity index (χ3v) is 4.65. The lowest BCUT2D eigenvalue weighted by atomic mass is 10.1. The molecule has 0 radical (unpaired) electrons. The van der Waals surface area contributed by atoms with Crippen molar-refractivity contribution in [3.63, 3.8) is 0 Å². The second-order valence-electron chi connectivity index (χ2n) is 6.50. The molecule has 0 saturated heterocycles. The topological polar surface area (TPSA) is 79.6 Å². The largest absolute Gasteiger partial charge is 0.465 e.